The number of benzene rings is 1. The van der Waals surface area contributed by atoms with Gasteiger partial charge in [-0.2, -0.15) is 0 Å². The fraction of sp³-hybridized carbons (Fsp3) is 0.429. The van der Waals surface area contributed by atoms with E-state index < -0.39 is 0 Å². The minimum Gasteiger partial charge on any atom is -0.302 e. The molecule has 1 unspecified atom stereocenters. The third-order valence-corrected chi connectivity index (χ3v) is 7.22. The molecule has 2 heterocycles. The first-order valence-corrected chi connectivity index (χ1v) is 11.2. The van der Waals surface area contributed by atoms with Gasteiger partial charge in [0.05, 0.1) is 0 Å². The van der Waals surface area contributed by atoms with Gasteiger partial charge in [-0.15, -0.1) is 21.5 Å². The number of fused-ring (bicyclic) bond motifs is 1. The summed E-state index contributed by atoms with van der Waals surface area (Å²) in [5.41, 5.74) is 5.48. The van der Waals surface area contributed by atoms with Gasteiger partial charge in [0.15, 0.2) is 11.0 Å². The van der Waals surface area contributed by atoms with Crippen LogP contribution in [0.15, 0.2) is 34.8 Å². The van der Waals surface area contributed by atoms with E-state index in [4.69, 9.17) is 0 Å². The van der Waals surface area contributed by atoms with Crippen molar-refractivity contribution < 1.29 is 0 Å². The van der Waals surface area contributed by atoms with E-state index in [2.05, 4.69) is 65.2 Å². The van der Waals surface area contributed by atoms with Gasteiger partial charge in [0.25, 0.3) is 0 Å². The summed E-state index contributed by atoms with van der Waals surface area (Å²) >= 11 is 3.69. The average Bonchev–Trinajstić information content (AvgIpc) is 3.22. The number of hydrogen-bond acceptors (Lipinski definition) is 4. The standard InChI is InChI=1S/C21H25N3S2/c1-4-24-20(18-13-25-19-11-15(3)8-9-17(18)19)22-23-21(24)26-12-16-7-5-6-14(2)10-16/h5-7,10,13,15H,4,8-9,11-12H2,1-3H3. The Labute approximate surface area is 163 Å². The summed E-state index contributed by atoms with van der Waals surface area (Å²) in [6.07, 6.45) is 3.68. The molecular weight excluding hydrogens is 358 g/mol. The normalized spacial score (nSPS) is 16.7. The Hall–Kier alpha value is -1.59. The van der Waals surface area contributed by atoms with Crippen LogP contribution >= 0.6 is 23.1 Å². The van der Waals surface area contributed by atoms with Crippen LogP contribution < -0.4 is 0 Å². The van der Waals surface area contributed by atoms with Gasteiger partial charge < -0.3 is 4.57 Å². The molecular formula is C21H25N3S2. The second-order valence-corrected chi connectivity index (χ2v) is 9.13. The molecule has 0 amide bonds. The summed E-state index contributed by atoms with van der Waals surface area (Å²) in [6.45, 7) is 7.59. The smallest absolute Gasteiger partial charge is 0.191 e. The van der Waals surface area contributed by atoms with Crippen molar-refractivity contribution in [1.29, 1.82) is 0 Å². The number of aromatic nitrogens is 3. The molecule has 0 aliphatic heterocycles. The minimum atomic E-state index is 0.804. The fourth-order valence-corrected chi connectivity index (χ4v) is 5.88. The van der Waals surface area contributed by atoms with Crippen LogP contribution in [0.4, 0.5) is 0 Å². The Morgan fingerprint density at radius 2 is 2.19 bits per heavy atom. The highest BCUT2D eigenvalue weighted by molar-refractivity contribution is 7.98. The summed E-state index contributed by atoms with van der Waals surface area (Å²) < 4.78 is 2.28. The molecule has 1 atom stereocenters. The lowest BCUT2D eigenvalue weighted by Crippen LogP contribution is -2.10. The molecule has 1 aliphatic rings. The van der Waals surface area contributed by atoms with E-state index in [1.54, 1.807) is 16.6 Å². The minimum absolute atomic E-state index is 0.804. The number of rotatable bonds is 5. The topological polar surface area (TPSA) is 30.7 Å². The van der Waals surface area contributed by atoms with E-state index in [0.29, 0.717) is 0 Å². The number of thioether (sulfide) groups is 1. The number of aryl methyl sites for hydroxylation is 1. The van der Waals surface area contributed by atoms with E-state index in [1.807, 2.05) is 11.3 Å². The van der Waals surface area contributed by atoms with Crippen molar-refractivity contribution in [3.63, 3.8) is 0 Å². The number of hydrogen-bond donors (Lipinski definition) is 0. The molecule has 26 heavy (non-hydrogen) atoms. The highest BCUT2D eigenvalue weighted by Gasteiger charge is 2.24. The molecule has 0 saturated heterocycles. The summed E-state index contributed by atoms with van der Waals surface area (Å²) in [4.78, 5) is 1.55. The quantitative estimate of drug-likeness (QED) is 0.525. The lowest BCUT2D eigenvalue weighted by molar-refractivity contribution is 0.508. The zero-order chi connectivity index (χ0) is 18.1. The van der Waals surface area contributed by atoms with Gasteiger partial charge in [-0.1, -0.05) is 48.5 Å². The third kappa shape index (κ3) is 3.47. The van der Waals surface area contributed by atoms with Crippen LogP contribution in [0.3, 0.4) is 0 Å². The number of nitrogens with zero attached hydrogens (tertiary/aromatic N) is 3. The predicted octanol–water partition coefficient (Wildman–Crippen LogP) is 5.75. The lowest BCUT2D eigenvalue weighted by Gasteiger charge is -2.19. The van der Waals surface area contributed by atoms with Crippen molar-refractivity contribution in [2.24, 2.45) is 5.92 Å². The molecule has 0 radical (unpaired) electrons. The van der Waals surface area contributed by atoms with E-state index in [-0.39, 0.29) is 0 Å². The van der Waals surface area contributed by atoms with Gasteiger partial charge in [0.1, 0.15) is 0 Å². The van der Waals surface area contributed by atoms with Crippen molar-refractivity contribution in [2.75, 3.05) is 0 Å². The van der Waals surface area contributed by atoms with Crippen LogP contribution in [0.2, 0.25) is 0 Å². The highest BCUT2D eigenvalue weighted by atomic mass is 32.2. The van der Waals surface area contributed by atoms with E-state index in [0.717, 1.165) is 29.2 Å². The average molecular weight is 384 g/mol. The SMILES string of the molecule is CCn1c(SCc2cccc(C)c2)nnc1-c1csc2c1CCC(C)C2. The van der Waals surface area contributed by atoms with Crippen molar-refractivity contribution in [3.05, 3.63) is 51.2 Å². The Bertz CT molecular complexity index is 910. The van der Waals surface area contributed by atoms with Crippen molar-refractivity contribution in [2.45, 2.75) is 57.5 Å². The highest BCUT2D eigenvalue weighted by Crippen LogP contribution is 2.38. The van der Waals surface area contributed by atoms with E-state index in [1.165, 1.54) is 41.5 Å². The lowest BCUT2D eigenvalue weighted by atomic mass is 9.88. The van der Waals surface area contributed by atoms with Crippen molar-refractivity contribution >= 4 is 23.1 Å². The number of thiophene rings is 1. The maximum atomic E-state index is 4.59. The van der Waals surface area contributed by atoms with Crippen LogP contribution in [-0.4, -0.2) is 14.8 Å². The molecule has 5 heteroatoms. The first-order valence-electron chi connectivity index (χ1n) is 9.36. The summed E-state index contributed by atoms with van der Waals surface area (Å²) in [5, 5.41) is 12.4. The van der Waals surface area contributed by atoms with Gasteiger partial charge in [-0.3, -0.25) is 0 Å². The van der Waals surface area contributed by atoms with Crippen LogP contribution in [0, 0.1) is 12.8 Å². The van der Waals surface area contributed by atoms with Crippen molar-refractivity contribution in [3.8, 4) is 11.4 Å². The monoisotopic (exact) mass is 383 g/mol. The second kappa shape index (κ2) is 7.57. The molecule has 1 aromatic carbocycles. The zero-order valence-electron chi connectivity index (χ0n) is 15.7. The Balaban J connectivity index is 1.59. The third-order valence-electron chi connectivity index (χ3n) is 5.13. The van der Waals surface area contributed by atoms with Gasteiger partial charge in [-0.05, 0) is 50.2 Å². The molecule has 0 N–H and O–H groups in total. The van der Waals surface area contributed by atoms with Gasteiger partial charge >= 0.3 is 0 Å². The molecule has 0 fully saturated rings. The van der Waals surface area contributed by atoms with Crippen molar-refractivity contribution in [1.82, 2.24) is 14.8 Å². The first-order chi connectivity index (χ1) is 12.7. The molecule has 3 nitrogen and oxygen atoms in total. The molecule has 0 saturated carbocycles. The van der Waals surface area contributed by atoms with Gasteiger partial charge in [0, 0.05) is 28.1 Å². The molecule has 0 bridgehead atoms. The Morgan fingerprint density at radius 3 is 3.00 bits per heavy atom. The molecule has 0 spiro atoms. The van der Waals surface area contributed by atoms with Crippen LogP contribution in [0.5, 0.6) is 0 Å². The second-order valence-electron chi connectivity index (χ2n) is 7.23. The van der Waals surface area contributed by atoms with Crippen LogP contribution in [-0.2, 0) is 25.1 Å². The summed E-state index contributed by atoms with van der Waals surface area (Å²) in [7, 11) is 0. The van der Waals surface area contributed by atoms with E-state index in [9.17, 15) is 0 Å². The predicted molar refractivity (Wildman–Crippen MR) is 111 cm³/mol. The van der Waals surface area contributed by atoms with Gasteiger partial charge in [-0.25, -0.2) is 0 Å². The van der Waals surface area contributed by atoms with E-state index >= 15 is 0 Å². The maximum Gasteiger partial charge on any atom is 0.191 e. The largest absolute Gasteiger partial charge is 0.302 e. The maximum absolute atomic E-state index is 4.59. The molecule has 4 rings (SSSR count). The Kier molecular flexibility index (Phi) is 5.18. The van der Waals surface area contributed by atoms with Crippen LogP contribution in [0.25, 0.3) is 11.4 Å². The summed E-state index contributed by atoms with van der Waals surface area (Å²) in [6, 6.07) is 8.70. The molecule has 136 valence electrons. The Morgan fingerprint density at radius 1 is 1.31 bits per heavy atom. The molecule has 1 aliphatic carbocycles. The summed E-state index contributed by atoms with van der Waals surface area (Å²) in [5.74, 6) is 2.78. The molecule has 2 aromatic heterocycles. The zero-order valence-corrected chi connectivity index (χ0v) is 17.3. The molecule has 3 aromatic rings. The first kappa shape index (κ1) is 17.8. The van der Waals surface area contributed by atoms with Crippen LogP contribution in [0.1, 0.15) is 41.8 Å². The fourth-order valence-electron chi connectivity index (χ4n) is 3.69. The van der Waals surface area contributed by atoms with Gasteiger partial charge in [0.2, 0.25) is 0 Å².